The predicted molar refractivity (Wildman–Crippen MR) is 70.7 cm³/mol. The third-order valence-electron chi connectivity index (χ3n) is 2.54. The molecule has 0 aliphatic heterocycles. The molecule has 0 bridgehead atoms. The van der Waals surface area contributed by atoms with Crippen molar-refractivity contribution in [3.05, 3.63) is 27.7 Å². The SMILES string of the molecule is CC(CCO)CNCc1cc(Cl)cc(Cl)c1O. The van der Waals surface area contributed by atoms with Crippen molar-refractivity contribution in [3.63, 3.8) is 0 Å². The molecule has 17 heavy (non-hydrogen) atoms. The van der Waals surface area contributed by atoms with E-state index in [2.05, 4.69) is 5.32 Å². The fraction of sp³-hybridized carbons (Fsp3) is 0.500. The van der Waals surface area contributed by atoms with Gasteiger partial charge >= 0.3 is 0 Å². The molecule has 1 rings (SSSR count). The molecule has 0 spiro atoms. The van der Waals surface area contributed by atoms with Crippen LogP contribution < -0.4 is 5.32 Å². The zero-order valence-electron chi connectivity index (χ0n) is 9.71. The maximum Gasteiger partial charge on any atom is 0.138 e. The number of nitrogens with one attached hydrogen (secondary N) is 1. The van der Waals surface area contributed by atoms with E-state index >= 15 is 0 Å². The first kappa shape index (κ1) is 14.6. The lowest BCUT2D eigenvalue weighted by Gasteiger charge is -2.12. The molecule has 0 saturated heterocycles. The molecule has 0 radical (unpaired) electrons. The normalized spacial score (nSPS) is 12.7. The highest BCUT2D eigenvalue weighted by atomic mass is 35.5. The summed E-state index contributed by atoms with van der Waals surface area (Å²) in [7, 11) is 0. The molecule has 1 aromatic rings. The summed E-state index contributed by atoms with van der Waals surface area (Å²) >= 11 is 11.7. The quantitative estimate of drug-likeness (QED) is 0.750. The minimum absolute atomic E-state index is 0.0679. The van der Waals surface area contributed by atoms with Crippen molar-refractivity contribution in [1.29, 1.82) is 0 Å². The first-order valence-corrected chi connectivity index (χ1v) is 6.28. The lowest BCUT2D eigenvalue weighted by Crippen LogP contribution is -2.21. The average molecular weight is 278 g/mol. The molecule has 3 nitrogen and oxygen atoms in total. The van der Waals surface area contributed by atoms with E-state index in [1.54, 1.807) is 6.07 Å². The Bertz CT molecular complexity index is 372. The molecule has 0 amide bonds. The van der Waals surface area contributed by atoms with E-state index in [1.165, 1.54) is 6.07 Å². The second kappa shape index (κ2) is 7.07. The van der Waals surface area contributed by atoms with Crippen LogP contribution in [0.5, 0.6) is 5.75 Å². The van der Waals surface area contributed by atoms with Gasteiger partial charge in [0.2, 0.25) is 0 Å². The third kappa shape index (κ3) is 4.72. The van der Waals surface area contributed by atoms with Crippen LogP contribution in [0.3, 0.4) is 0 Å². The van der Waals surface area contributed by atoms with E-state index in [4.69, 9.17) is 28.3 Å². The smallest absolute Gasteiger partial charge is 0.138 e. The van der Waals surface area contributed by atoms with E-state index in [0.29, 0.717) is 23.0 Å². The van der Waals surface area contributed by atoms with Crippen LogP contribution in [0.1, 0.15) is 18.9 Å². The van der Waals surface area contributed by atoms with Crippen LogP contribution in [0.25, 0.3) is 0 Å². The Balaban J connectivity index is 2.52. The minimum Gasteiger partial charge on any atom is -0.506 e. The maximum absolute atomic E-state index is 9.72. The van der Waals surface area contributed by atoms with Crippen LogP contribution >= 0.6 is 23.2 Å². The standard InChI is InChI=1S/C12H17Cl2NO2/c1-8(2-3-16)6-15-7-9-4-10(13)5-11(14)12(9)17/h4-5,8,15-17H,2-3,6-7H2,1H3. The van der Waals surface area contributed by atoms with E-state index in [9.17, 15) is 5.11 Å². The van der Waals surface area contributed by atoms with Gasteiger partial charge in [-0.3, -0.25) is 0 Å². The lowest BCUT2D eigenvalue weighted by molar-refractivity contribution is 0.260. The van der Waals surface area contributed by atoms with E-state index in [-0.39, 0.29) is 17.4 Å². The number of aromatic hydroxyl groups is 1. The molecular weight excluding hydrogens is 261 g/mol. The molecule has 1 aromatic carbocycles. The van der Waals surface area contributed by atoms with Crippen LogP contribution in [0, 0.1) is 5.92 Å². The molecule has 3 N–H and O–H groups in total. The predicted octanol–water partition coefficient (Wildman–Crippen LogP) is 2.81. The highest BCUT2D eigenvalue weighted by molar-refractivity contribution is 6.35. The van der Waals surface area contributed by atoms with Crippen molar-refractivity contribution in [2.45, 2.75) is 19.9 Å². The fourth-order valence-electron chi connectivity index (χ4n) is 1.53. The van der Waals surface area contributed by atoms with Gasteiger partial charge in [-0.05, 0) is 31.0 Å². The number of rotatable bonds is 6. The van der Waals surface area contributed by atoms with Gasteiger partial charge < -0.3 is 15.5 Å². The Morgan fingerprint density at radius 2 is 2.06 bits per heavy atom. The number of hydrogen-bond donors (Lipinski definition) is 3. The summed E-state index contributed by atoms with van der Waals surface area (Å²) in [6, 6.07) is 3.20. The largest absolute Gasteiger partial charge is 0.506 e. The monoisotopic (exact) mass is 277 g/mol. The molecule has 0 aliphatic carbocycles. The van der Waals surface area contributed by atoms with Crippen LogP contribution in [0.4, 0.5) is 0 Å². The number of benzene rings is 1. The first-order valence-electron chi connectivity index (χ1n) is 5.53. The summed E-state index contributed by atoms with van der Waals surface area (Å²) in [4.78, 5) is 0. The molecule has 0 aromatic heterocycles. The third-order valence-corrected chi connectivity index (χ3v) is 3.04. The lowest BCUT2D eigenvalue weighted by atomic mass is 10.1. The van der Waals surface area contributed by atoms with Gasteiger partial charge in [0.1, 0.15) is 5.75 Å². The summed E-state index contributed by atoms with van der Waals surface area (Å²) in [5.41, 5.74) is 0.679. The van der Waals surface area contributed by atoms with Gasteiger partial charge in [-0.2, -0.15) is 0 Å². The van der Waals surface area contributed by atoms with Gasteiger partial charge in [0.25, 0.3) is 0 Å². The van der Waals surface area contributed by atoms with Crippen LogP contribution in [-0.2, 0) is 6.54 Å². The number of aliphatic hydroxyl groups excluding tert-OH is 1. The van der Waals surface area contributed by atoms with E-state index in [1.807, 2.05) is 6.92 Å². The van der Waals surface area contributed by atoms with Crippen molar-refractivity contribution < 1.29 is 10.2 Å². The fourth-order valence-corrected chi connectivity index (χ4v) is 2.07. The summed E-state index contributed by atoms with van der Waals surface area (Å²) < 4.78 is 0. The van der Waals surface area contributed by atoms with Gasteiger partial charge in [-0.1, -0.05) is 30.1 Å². The van der Waals surface area contributed by atoms with Crippen LogP contribution in [0.2, 0.25) is 10.0 Å². The number of phenolic OH excluding ortho intramolecular Hbond substituents is 1. The summed E-state index contributed by atoms with van der Waals surface area (Å²) in [5, 5.41) is 22.4. The van der Waals surface area contributed by atoms with Gasteiger partial charge in [0.05, 0.1) is 5.02 Å². The zero-order chi connectivity index (χ0) is 12.8. The first-order chi connectivity index (χ1) is 8.04. The van der Waals surface area contributed by atoms with Crippen molar-refractivity contribution in [2.24, 2.45) is 5.92 Å². The van der Waals surface area contributed by atoms with Crippen molar-refractivity contribution >= 4 is 23.2 Å². The average Bonchev–Trinajstić information content (AvgIpc) is 2.25. The molecule has 5 heteroatoms. The molecule has 96 valence electrons. The van der Waals surface area contributed by atoms with Crippen molar-refractivity contribution in [2.75, 3.05) is 13.2 Å². The zero-order valence-corrected chi connectivity index (χ0v) is 11.2. The molecular formula is C12H17Cl2NO2. The minimum atomic E-state index is 0.0679. The molecule has 0 aliphatic rings. The Hall–Kier alpha value is -0.480. The van der Waals surface area contributed by atoms with Crippen molar-refractivity contribution in [3.8, 4) is 5.75 Å². The molecule has 0 saturated carbocycles. The highest BCUT2D eigenvalue weighted by Gasteiger charge is 2.08. The second-order valence-electron chi connectivity index (χ2n) is 4.14. The van der Waals surface area contributed by atoms with Gasteiger partial charge in [0.15, 0.2) is 0 Å². The van der Waals surface area contributed by atoms with Crippen molar-refractivity contribution in [1.82, 2.24) is 5.32 Å². The Morgan fingerprint density at radius 3 is 2.71 bits per heavy atom. The number of hydrogen-bond acceptors (Lipinski definition) is 3. The van der Waals surface area contributed by atoms with Gasteiger partial charge in [0, 0.05) is 23.7 Å². The summed E-state index contributed by atoms with van der Waals surface area (Å²) in [6.45, 7) is 3.51. The molecule has 0 heterocycles. The van der Waals surface area contributed by atoms with Gasteiger partial charge in [-0.15, -0.1) is 0 Å². The Labute approximate surface area is 111 Å². The van der Waals surface area contributed by atoms with Crippen LogP contribution in [0.15, 0.2) is 12.1 Å². The molecule has 0 fully saturated rings. The summed E-state index contributed by atoms with van der Waals surface area (Å²) in [5.74, 6) is 0.454. The molecule has 1 unspecified atom stereocenters. The van der Waals surface area contributed by atoms with Gasteiger partial charge in [-0.25, -0.2) is 0 Å². The highest BCUT2D eigenvalue weighted by Crippen LogP contribution is 2.30. The van der Waals surface area contributed by atoms with Crippen LogP contribution in [-0.4, -0.2) is 23.4 Å². The number of phenols is 1. The molecule has 1 atom stereocenters. The van der Waals surface area contributed by atoms with E-state index < -0.39 is 0 Å². The summed E-state index contributed by atoms with van der Waals surface area (Å²) in [6.07, 6.45) is 0.759. The number of halogens is 2. The second-order valence-corrected chi connectivity index (χ2v) is 4.99. The topological polar surface area (TPSA) is 52.5 Å². The van der Waals surface area contributed by atoms with E-state index in [0.717, 1.165) is 13.0 Å². The number of aliphatic hydroxyl groups is 1. The Kier molecular flexibility index (Phi) is 6.06. The maximum atomic E-state index is 9.72. The Morgan fingerprint density at radius 1 is 1.35 bits per heavy atom.